The summed E-state index contributed by atoms with van der Waals surface area (Å²) < 4.78 is 21.2. The largest absolute Gasteiger partial charge is 0.350 e. The number of aromatic nitrogens is 1. The highest BCUT2D eigenvalue weighted by Gasteiger charge is 2.08. The van der Waals surface area contributed by atoms with Crippen LogP contribution < -0.4 is 10.5 Å². The van der Waals surface area contributed by atoms with Crippen LogP contribution in [-0.2, 0) is 10.0 Å². The molecule has 0 fully saturated rings. The van der Waals surface area contributed by atoms with Crippen molar-refractivity contribution in [3.8, 4) is 0 Å². The van der Waals surface area contributed by atoms with Crippen LogP contribution in [0.2, 0.25) is 5.15 Å². The molecule has 0 aliphatic rings. The van der Waals surface area contributed by atoms with Gasteiger partial charge in [-0.1, -0.05) is 17.7 Å². The second-order valence-electron chi connectivity index (χ2n) is 2.97. The number of nitrogens with two attached hydrogens (primary N) is 1. The maximum Gasteiger partial charge on any atom is 0.269 e. The zero-order chi connectivity index (χ0) is 12.2. The van der Waals surface area contributed by atoms with Crippen molar-refractivity contribution >= 4 is 27.5 Å². The quantitative estimate of drug-likeness (QED) is 0.732. The van der Waals surface area contributed by atoms with Gasteiger partial charge in [0.1, 0.15) is 10.8 Å². The first-order valence-electron chi connectivity index (χ1n) is 4.30. The zero-order valence-corrected chi connectivity index (χ0v) is 9.75. The Bertz CT molecular complexity index is 489. The minimum Gasteiger partial charge on any atom is -0.350 e. The van der Waals surface area contributed by atoms with E-state index in [1.54, 1.807) is 6.07 Å². The number of primary sulfonamides is 1. The number of nitrogens with one attached hydrogen (secondary N) is 1. The number of nitrogens with zero attached hydrogens (tertiary/aromatic N) is 1. The lowest BCUT2D eigenvalue weighted by Crippen LogP contribution is -2.31. The van der Waals surface area contributed by atoms with E-state index in [2.05, 4.69) is 10.3 Å². The van der Waals surface area contributed by atoms with E-state index in [1.807, 2.05) is 0 Å². The fourth-order valence-corrected chi connectivity index (χ4v) is 1.48. The van der Waals surface area contributed by atoms with E-state index < -0.39 is 15.9 Å². The molecule has 8 heteroatoms. The van der Waals surface area contributed by atoms with Crippen molar-refractivity contribution in [2.24, 2.45) is 5.14 Å². The Labute approximate surface area is 97.9 Å². The Morgan fingerprint density at radius 3 is 2.75 bits per heavy atom. The molecule has 0 aliphatic carbocycles. The molecule has 0 aliphatic heterocycles. The van der Waals surface area contributed by atoms with Gasteiger partial charge in [0.05, 0.1) is 5.75 Å². The average Bonchev–Trinajstić information content (AvgIpc) is 2.15. The number of hydrogen-bond donors (Lipinski definition) is 2. The van der Waals surface area contributed by atoms with Crippen LogP contribution >= 0.6 is 11.6 Å². The Hall–Kier alpha value is -1.18. The van der Waals surface area contributed by atoms with Gasteiger partial charge in [0.25, 0.3) is 5.91 Å². The van der Waals surface area contributed by atoms with Crippen molar-refractivity contribution in [1.29, 1.82) is 0 Å². The molecule has 0 saturated carbocycles. The molecule has 3 N–H and O–H groups in total. The first-order valence-corrected chi connectivity index (χ1v) is 6.39. The van der Waals surface area contributed by atoms with Gasteiger partial charge in [-0.15, -0.1) is 0 Å². The van der Waals surface area contributed by atoms with Gasteiger partial charge in [0, 0.05) is 6.54 Å². The minimum absolute atomic E-state index is 0.0636. The monoisotopic (exact) mass is 263 g/mol. The second kappa shape index (κ2) is 5.24. The topological polar surface area (TPSA) is 102 Å². The van der Waals surface area contributed by atoms with Gasteiger partial charge >= 0.3 is 0 Å². The number of pyridine rings is 1. The molecule has 0 bridgehead atoms. The van der Waals surface area contributed by atoms with Crippen LogP contribution in [-0.4, -0.2) is 31.6 Å². The van der Waals surface area contributed by atoms with E-state index in [0.717, 1.165) is 0 Å². The molecule has 16 heavy (non-hydrogen) atoms. The molecule has 0 atom stereocenters. The third kappa shape index (κ3) is 4.56. The zero-order valence-electron chi connectivity index (χ0n) is 8.18. The smallest absolute Gasteiger partial charge is 0.269 e. The van der Waals surface area contributed by atoms with Gasteiger partial charge in [-0.05, 0) is 12.1 Å². The highest BCUT2D eigenvalue weighted by molar-refractivity contribution is 7.89. The van der Waals surface area contributed by atoms with E-state index in [1.165, 1.54) is 12.1 Å². The first-order chi connectivity index (χ1) is 7.38. The van der Waals surface area contributed by atoms with Gasteiger partial charge in [-0.2, -0.15) is 0 Å². The van der Waals surface area contributed by atoms with Crippen molar-refractivity contribution in [3.63, 3.8) is 0 Å². The lowest BCUT2D eigenvalue weighted by molar-refractivity contribution is 0.0951. The van der Waals surface area contributed by atoms with Crippen molar-refractivity contribution in [3.05, 3.63) is 29.0 Å². The standard InChI is InChI=1S/C8H10ClN3O3S/c9-7-3-1-2-6(12-7)8(13)11-4-5-16(10,14)15/h1-3H,4-5H2,(H,11,13)(H2,10,14,15). The van der Waals surface area contributed by atoms with Crippen molar-refractivity contribution in [1.82, 2.24) is 10.3 Å². The molecule has 1 aromatic rings. The Kier molecular flexibility index (Phi) is 4.22. The molecule has 1 amide bonds. The molecular formula is C8H10ClN3O3S. The number of halogens is 1. The van der Waals surface area contributed by atoms with Crippen LogP contribution in [0.25, 0.3) is 0 Å². The molecule has 1 rings (SSSR count). The third-order valence-electron chi connectivity index (χ3n) is 1.62. The predicted molar refractivity (Wildman–Crippen MR) is 59.6 cm³/mol. The lowest BCUT2D eigenvalue weighted by Gasteiger charge is -2.03. The maximum atomic E-state index is 11.4. The summed E-state index contributed by atoms with van der Waals surface area (Å²) in [7, 11) is -3.57. The van der Waals surface area contributed by atoms with Crippen LogP contribution in [0.5, 0.6) is 0 Å². The van der Waals surface area contributed by atoms with Gasteiger partial charge in [0.2, 0.25) is 10.0 Å². The minimum atomic E-state index is -3.57. The average molecular weight is 264 g/mol. The molecule has 0 aromatic carbocycles. The molecule has 88 valence electrons. The summed E-state index contributed by atoms with van der Waals surface area (Å²) in [5, 5.41) is 7.33. The van der Waals surface area contributed by atoms with Crippen LogP contribution in [0.3, 0.4) is 0 Å². The first kappa shape index (κ1) is 12.9. The Morgan fingerprint density at radius 1 is 1.50 bits per heavy atom. The molecule has 0 saturated heterocycles. The number of hydrogen-bond acceptors (Lipinski definition) is 4. The summed E-state index contributed by atoms with van der Waals surface area (Å²) in [5.74, 6) is -0.814. The summed E-state index contributed by atoms with van der Waals surface area (Å²) in [6.07, 6.45) is 0. The van der Waals surface area contributed by atoms with Gasteiger partial charge < -0.3 is 5.32 Å². The molecule has 1 heterocycles. The molecule has 0 radical (unpaired) electrons. The summed E-state index contributed by atoms with van der Waals surface area (Å²) in [6.45, 7) is -0.0636. The summed E-state index contributed by atoms with van der Waals surface area (Å²) in [5.41, 5.74) is 0.127. The fourth-order valence-electron chi connectivity index (χ4n) is 0.932. The molecule has 0 unspecified atom stereocenters. The van der Waals surface area contributed by atoms with E-state index in [-0.39, 0.29) is 23.1 Å². The SMILES string of the molecule is NS(=O)(=O)CCNC(=O)c1cccc(Cl)n1. The highest BCUT2D eigenvalue weighted by Crippen LogP contribution is 2.04. The van der Waals surface area contributed by atoms with Crippen LogP contribution in [0.1, 0.15) is 10.5 Å². The van der Waals surface area contributed by atoms with E-state index >= 15 is 0 Å². The summed E-state index contributed by atoms with van der Waals surface area (Å²) >= 11 is 5.59. The predicted octanol–water partition coefficient (Wildman–Crippen LogP) is -0.247. The summed E-state index contributed by atoms with van der Waals surface area (Å²) in [6, 6.07) is 4.57. The fraction of sp³-hybridized carbons (Fsp3) is 0.250. The van der Waals surface area contributed by atoms with Gasteiger partial charge in [0.15, 0.2) is 0 Å². The molecular weight excluding hydrogens is 254 g/mol. The number of rotatable bonds is 4. The Morgan fingerprint density at radius 2 is 2.19 bits per heavy atom. The maximum absolute atomic E-state index is 11.4. The third-order valence-corrected chi connectivity index (χ3v) is 2.60. The normalized spacial score (nSPS) is 11.1. The van der Waals surface area contributed by atoms with Crippen LogP contribution in [0, 0.1) is 0 Å². The lowest BCUT2D eigenvalue weighted by atomic mass is 10.3. The van der Waals surface area contributed by atoms with Crippen molar-refractivity contribution in [2.45, 2.75) is 0 Å². The molecule has 0 spiro atoms. The van der Waals surface area contributed by atoms with E-state index in [9.17, 15) is 13.2 Å². The molecule has 6 nitrogen and oxygen atoms in total. The number of amides is 1. The van der Waals surface area contributed by atoms with Crippen LogP contribution in [0.15, 0.2) is 18.2 Å². The second-order valence-corrected chi connectivity index (χ2v) is 5.09. The van der Waals surface area contributed by atoms with Gasteiger partial charge in [-0.25, -0.2) is 18.5 Å². The highest BCUT2D eigenvalue weighted by atomic mass is 35.5. The number of carbonyl (C=O) groups excluding carboxylic acids is 1. The van der Waals surface area contributed by atoms with Crippen molar-refractivity contribution in [2.75, 3.05) is 12.3 Å². The van der Waals surface area contributed by atoms with Crippen LogP contribution in [0.4, 0.5) is 0 Å². The van der Waals surface area contributed by atoms with E-state index in [4.69, 9.17) is 16.7 Å². The number of carbonyl (C=O) groups is 1. The molecule has 1 aromatic heterocycles. The Balaban J connectivity index is 2.54. The number of sulfonamides is 1. The summed E-state index contributed by atoms with van der Waals surface area (Å²) in [4.78, 5) is 15.2. The van der Waals surface area contributed by atoms with E-state index in [0.29, 0.717) is 0 Å². The van der Waals surface area contributed by atoms with Gasteiger partial charge in [-0.3, -0.25) is 4.79 Å². The van der Waals surface area contributed by atoms with Crippen molar-refractivity contribution < 1.29 is 13.2 Å².